The quantitative estimate of drug-likeness (QED) is 0.576. The summed E-state index contributed by atoms with van der Waals surface area (Å²) in [5, 5.41) is 0. The third-order valence-corrected chi connectivity index (χ3v) is 2.07. The Bertz CT molecular complexity index is 119. The van der Waals surface area contributed by atoms with E-state index in [2.05, 4.69) is 0 Å². The van der Waals surface area contributed by atoms with Crippen molar-refractivity contribution in [3.63, 3.8) is 0 Å². The monoisotopic (exact) mass is 185 g/mol. The number of hydrogen-bond acceptors (Lipinski definition) is 1. The minimum absolute atomic E-state index is 0. The summed E-state index contributed by atoms with van der Waals surface area (Å²) in [7, 11) is 0. The number of rotatable bonds is 0. The van der Waals surface area contributed by atoms with Crippen LogP contribution in [0.5, 0.6) is 0 Å². The Kier molecular flexibility index (Phi) is 4.26. The molecule has 1 rings (SSSR count). The standard InChI is InChI=1S/C7H13F2N.ClH/c8-7(9)5-3-1-2-4-6(7)10;/h6H,1-5,10H2;1H. The van der Waals surface area contributed by atoms with Crippen molar-refractivity contribution in [1.29, 1.82) is 0 Å². The van der Waals surface area contributed by atoms with Gasteiger partial charge in [0.15, 0.2) is 0 Å². The molecule has 0 aromatic rings. The van der Waals surface area contributed by atoms with Gasteiger partial charge in [-0.25, -0.2) is 8.78 Å². The molecule has 0 heterocycles. The number of alkyl halides is 2. The first-order valence-corrected chi connectivity index (χ1v) is 3.76. The van der Waals surface area contributed by atoms with Gasteiger partial charge < -0.3 is 5.73 Å². The van der Waals surface area contributed by atoms with E-state index >= 15 is 0 Å². The summed E-state index contributed by atoms with van der Waals surface area (Å²) < 4.78 is 25.5. The molecule has 1 saturated carbocycles. The van der Waals surface area contributed by atoms with Gasteiger partial charge in [0.25, 0.3) is 5.92 Å². The number of halogens is 3. The molecule has 0 aromatic heterocycles. The van der Waals surface area contributed by atoms with E-state index in [1.807, 2.05) is 0 Å². The molecule has 0 aliphatic heterocycles. The van der Waals surface area contributed by atoms with Gasteiger partial charge in [0.2, 0.25) is 0 Å². The second-order valence-corrected chi connectivity index (χ2v) is 2.97. The zero-order valence-corrected chi connectivity index (χ0v) is 7.17. The molecular formula is C7H14ClF2N. The lowest BCUT2D eigenvalue weighted by atomic mass is 10.1. The first kappa shape index (κ1) is 11.1. The van der Waals surface area contributed by atoms with Gasteiger partial charge in [-0.15, -0.1) is 12.4 Å². The molecule has 0 radical (unpaired) electrons. The van der Waals surface area contributed by atoms with E-state index in [1.54, 1.807) is 0 Å². The van der Waals surface area contributed by atoms with Crippen LogP contribution in [0.25, 0.3) is 0 Å². The Labute approximate surface area is 71.7 Å². The Hall–Kier alpha value is 0.110. The third kappa shape index (κ3) is 2.91. The molecule has 2 N–H and O–H groups in total. The van der Waals surface area contributed by atoms with Crippen molar-refractivity contribution in [1.82, 2.24) is 0 Å². The highest BCUT2D eigenvalue weighted by Gasteiger charge is 2.37. The highest BCUT2D eigenvalue weighted by Crippen LogP contribution is 2.30. The Morgan fingerprint density at radius 3 is 2.45 bits per heavy atom. The maximum absolute atomic E-state index is 12.7. The zero-order valence-electron chi connectivity index (χ0n) is 6.35. The highest BCUT2D eigenvalue weighted by atomic mass is 35.5. The summed E-state index contributed by atoms with van der Waals surface area (Å²) in [6, 6.07) is -0.894. The lowest BCUT2D eigenvalue weighted by Gasteiger charge is -2.19. The predicted octanol–water partition coefficient (Wildman–Crippen LogP) is 2.33. The number of hydrogen-bond donors (Lipinski definition) is 1. The molecule has 0 bridgehead atoms. The lowest BCUT2D eigenvalue weighted by Crippen LogP contribution is -2.39. The van der Waals surface area contributed by atoms with Crippen LogP contribution in [-0.4, -0.2) is 12.0 Å². The molecule has 0 amide bonds. The predicted molar refractivity (Wildman–Crippen MR) is 43.3 cm³/mol. The fraction of sp³-hybridized carbons (Fsp3) is 1.00. The Morgan fingerprint density at radius 2 is 1.82 bits per heavy atom. The summed E-state index contributed by atoms with van der Waals surface area (Å²) in [6.07, 6.45) is 2.85. The average Bonchev–Trinajstić information content (AvgIpc) is 1.96. The fourth-order valence-electron chi connectivity index (χ4n) is 1.30. The molecule has 1 unspecified atom stereocenters. The maximum atomic E-state index is 12.7. The van der Waals surface area contributed by atoms with Crippen molar-refractivity contribution < 1.29 is 8.78 Å². The van der Waals surface area contributed by atoms with Crippen LogP contribution >= 0.6 is 12.4 Å². The first-order valence-electron chi connectivity index (χ1n) is 3.76. The minimum atomic E-state index is -2.60. The van der Waals surface area contributed by atoms with Gasteiger partial charge in [0.05, 0.1) is 6.04 Å². The van der Waals surface area contributed by atoms with Crippen LogP contribution in [0.3, 0.4) is 0 Å². The van der Waals surface area contributed by atoms with Gasteiger partial charge in [0.1, 0.15) is 0 Å². The van der Waals surface area contributed by atoms with Gasteiger partial charge in [0, 0.05) is 6.42 Å². The molecule has 1 aliphatic rings. The van der Waals surface area contributed by atoms with Crippen molar-refractivity contribution in [2.75, 3.05) is 0 Å². The molecule has 0 aromatic carbocycles. The normalized spacial score (nSPS) is 30.3. The van der Waals surface area contributed by atoms with Crippen LogP contribution < -0.4 is 5.73 Å². The van der Waals surface area contributed by atoms with Crippen LogP contribution in [0.2, 0.25) is 0 Å². The molecule has 4 heteroatoms. The van der Waals surface area contributed by atoms with E-state index in [0.717, 1.165) is 12.8 Å². The second-order valence-electron chi connectivity index (χ2n) is 2.97. The number of nitrogens with two attached hydrogens (primary N) is 1. The van der Waals surface area contributed by atoms with Crippen LogP contribution in [0.4, 0.5) is 8.78 Å². The van der Waals surface area contributed by atoms with Crippen LogP contribution in [0.1, 0.15) is 32.1 Å². The van der Waals surface area contributed by atoms with Crippen LogP contribution in [0, 0.1) is 0 Å². The molecule has 0 spiro atoms. The first-order chi connectivity index (χ1) is 4.63. The molecule has 1 aliphatic carbocycles. The molecule has 1 nitrogen and oxygen atoms in total. The van der Waals surface area contributed by atoms with E-state index in [-0.39, 0.29) is 18.8 Å². The SMILES string of the molecule is Cl.NC1CCCCCC1(F)F. The van der Waals surface area contributed by atoms with Crippen molar-refractivity contribution in [2.45, 2.75) is 44.1 Å². The molecular weight excluding hydrogens is 172 g/mol. The van der Waals surface area contributed by atoms with Crippen molar-refractivity contribution in [3.05, 3.63) is 0 Å². The Morgan fingerprint density at radius 1 is 1.18 bits per heavy atom. The zero-order chi connectivity index (χ0) is 7.61. The van der Waals surface area contributed by atoms with Crippen molar-refractivity contribution >= 4 is 12.4 Å². The lowest BCUT2D eigenvalue weighted by molar-refractivity contribution is -0.0308. The van der Waals surface area contributed by atoms with E-state index in [0.29, 0.717) is 12.8 Å². The van der Waals surface area contributed by atoms with E-state index in [4.69, 9.17) is 5.73 Å². The van der Waals surface area contributed by atoms with Crippen molar-refractivity contribution in [2.24, 2.45) is 5.73 Å². The molecule has 1 atom stereocenters. The summed E-state index contributed by atoms with van der Waals surface area (Å²) in [4.78, 5) is 0. The smallest absolute Gasteiger partial charge is 0.262 e. The molecule has 68 valence electrons. The topological polar surface area (TPSA) is 26.0 Å². The van der Waals surface area contributed by atoms with Gasteiger partial charge in [-0.3, -0.25) is 0 Å². The highest BCUT2D eigenvalue weighted by molar-refractivity contribution is 5.85. The largest absolute Gasteiger partial charge is 0.323 e. The van der Waals surface area contributed by atoms with Gasteiger partial charge in [-0.1, -0.05) is 12.8 Å². The minimum Gasteiger partial charge on any atom is -0.323 e. The molecule has 1 fully saturated rings. The van der Waals surface area contributed by atoms with Crippen molar-refractivity contribution in [3.8, 4) is 0 Å². The molecule has 11 heavy (non-hydrogen) atoms. The van der Waals surface area contributed by atoms with E-state index in [9.17, 15) is 8.78 Å². The molecule has 0 saturated heterocycles. The maximum Gasteiger partial charge on any atom is 0.262 e. The van der Waals surface area contributed by atoms with E-state index < -0.39 is 12.0 Å². The fourth-order valence-corrected chi connectivity index (χ4v) is 1.30. The van der Waals surface area contributed by atoms with Gasteiger partial charge >= 0.3 is 0 Å². The summed E-state index contributed by atoms with van der Waals surface area (Å²) in [5.41, 5.74) is 5.26. The summed E-state index contributed by atoms with van der Waals surface area (Å²) in [5.74, 6) is -2.60. The van der Waals surface area contributed by atoms with Crippen LogP contribution in [-0.2, 0) is 0 Å². The third-order valence-electron chi connectivity index (χ3n) is 2.07. The van der Waals surface area contributed by atoms with E-state index in [1.165, 1.54) is 0 Å². The second kappa shape index (κ2) is 4.21. The van der Waals surface area contributed by atoms with Gasteiger partial charge in [-0.2, -0.15) is 0 Å². The van der Waals surface area contributed by atoms with Gasteiger partial charge in [-0.05, 0) is 12.8 Å². The summed E-state index contributed by atoms with van der Waals surface area (Å²) in [6.45, 7) is 0. The Balaban J connectivity index is 0.000001000. The van der Waals surface area contributed by atoms with Crippen LogP contribution in [0.15, 0.2) is 0 Å². The summed E-state index contributed by atoms with van der Waals surface area (Å²) >= 11 is 0. The average molecular weight is 186 g/mol.